The van der Waals surface area contributed by atoms with Gasteiger partial charge in [-0.1, -0.05) is 6.92 Å². The van der Waals surface area contributed by atoms with Crippen LogP contribution in [0.4, 0.5) is 0 Å². The normalized spacial score (nSPS) is 21.2. The van der Waals surface area contributed by atoms with Crippen molar-refractivity contribution in [3.8, 4) is 0 Å². The fourth-order valence-corrected chi connectivity index (χ4v) is 4.53. The topological polar surface area (TPSA) is 97.6 Å². The number of hydrogen-bond donors (Lipinski definition) is 2. The smallest absolute Gasteiger partial charge is 0.342 e. The highest BCUT2D eigenvalue weighted by atomic mass is 35.5. The van der Waals surface area contributed by atoms with Crippen LogP contribution in [0.5, 0.6) is 0 Å². The van der Waals surface area contributed by atoms with E-state index in [4.69, 9.17) is 4.42 Å². The molecule has 1 fully saturated rings. The number of methoxy groups -OCH3 is 1. The summed E-state index contributed by atoms with van der Waals surface area (Å²) in [5.41, 5.74) is -0.187. The molecule has 24 heavy (non-hydrogen) atoms. The fourth-order valence-electron chi connectivity index (χ4n) is 2.94. The van der Waals surface area contributed by atoms with E-state index < -0.39 is 16.0 Å². The van der Waals surface area contributed by atoms with Crippen molar-refractivity contribution in [1.82, 2.24) is 10.0 Å². The Morgan fingerprint density at radius 1 is 1.38 bits per heavy atom. The number of sulfonamides is 1. The van der Waals surface area contributed by atoms with Gasteiger partial charge in [0.05, 0.1) is 7.11 Å². The average molecular weight is 381 g/mol. The lowest BCUT2D eigenvalue weighted by Crippen LogP contribution is -2.45. The van der Waals surface area contributed by atoms with E-state index >= 15 is 0 Å². The summed E-state index contributed by atoms with van der Waals surface area (Å²) >= 11 is 0. The van der Waals surface area contributed by atoms with E-state index in [0.29, 0.717) is 6.54 Å². The summed E-state index contributed by atoms with van der Waals surface area (Å²) in [6.45, 7) is 7.11. The first kappa shape index (κ1) is 21.0. The van der Waals surface area contributed by atoms with Crippen LogP contribution in [0.1, 0.15) is 41.6 Å². The van der Waals surface area contributed by atoms with Crippen LogP contribution in [-0.4, -0.2) is 41.1 Å². The molecule has 138 valence electrons. The minimum absolute atomic E-state index is 0. The molecule has 1 atom stereocenters. The number of ether oxygens (including phenoxy) is 1. The first-order chi connectivity index (χ1) is 10.7. The Morgan fingerprint density at radius 2 is 2.04 bits per heavy atom. The molecule has 1 saturated heterocycles. The van der Waals surface area contributed by atoms with Gasteiger partial charge >= 0.3 is 5.97 Å². The third-order valence-corrected chi connectivity index (χ3v) is 5.79. The number of esters is 1. The van der Waals surface area contributed by atoms with Crippen LogP contribution in [-0.2, 0) is 14.8 Å². The predicted octanol–water partition coefficient (Wildman–Crippen LogP) is 1.77. The number of piperidine rings is 1. The average Bonchev–Trinajstić information content (AvgIpc) is 2.81. The molecule has 0 aliphatic carbocycles. The molecule has 1 aliphatic heterocycles. The van der Waals surface area contributed by atoms with Crippen molar-refractivity contribution in [2.75, 3.05) is 26.7 Å². The molecule has 2 N–H and O–H groups in total. The molecule has 0 bridgehead atoms. The van der Waals surface area contributed by atoms with Gasteiger partial charge in [0.2, 0.25) is 10.0 Å². The number of furan rings is 1. The van der Waals surface area contributed by atoms with E-state index in [2.05, 4.69) is 14.8 Å². The van der Waals surface area contributed by atoms with Gasteiger partial charge in [0.25, 0.3) is 0 Å². The maximum Gasteiger partial charge on any atom is 0.342 e. The molecule has 1 aromatic heterocycles. The lowest BCUT2D eigenvalue weighted by Gasteiger charge is -2.34. The van der Waals surface area contributed by atoms with Crippen molar-refractivity contribution >= 4 is 28.4 Å². The number of carbonyl (C=O) groups excluding carboxylic acids is 1. The second-order valence-electron chi connectivity index (χ2n) is 6.33. The van der Waals surface area contributed by atoms with Gasteiger partial charge in [-0.25, -0.2) is 17.9 Å². The van der Waals surface area contributed by atoms with Gasteiger partial charge in [-0.15, -0.1) is 12.4 Å². The highest BCUT2D eigenvalue weighted by Gasteiger charge is 2.34. The molecule has 0 radical (unpaired) electrons. The van der Waals surface area contributed by atoms with Gasteiger partial charge in [0.1, 0.15) is 22.0 Å². The number of aryl methyl sites for hydroxylation is 2. The second-order valence-corrected chi connectivity index (χ2v) is 8.03. The van der Waals surface area contributed by atoms with Crippen LogP contribution in [0.3, 0.4) is 0 Å². The number of hydrogen-bond acceptors (Lipinski definition) is 6. The molecule has 1 aromatic rings. The van der Waals surface area contributed by atoms with Crippen LogP contribution >= 0.6 is 12.4 Å². The van der Waals surface area contributed by atoms with Crippen molar-refractivity contribution in [3.63, 3.8) is 0 Å². The molecular weight excluding hydrogens is 356 g/mol. The number of rotatable bonds is 5. The van der Waals surface area contributed by atoms with E-state index in [1.807, 2.05) is 6.92 Å². The standard InChI is InChI=1S/C15H24N2O5S.ClH/c1-10-12(14(18)21-4)13(11(2)22-10)23(19,20)17-9-15(3)6-5-7-16-8-15;/h16-17H,5-9H2,1-4H3;1H. The summed E-state index contributed by atoms with van der Waals surface area (Å²) in [4.78, 5) is 11.8. The molecule has 9 heteroatoms. The zero-order chi connectivity index (χ0) is 17.3. The first-order valence-corrected chi connectivity index (χ1v) is 9.07. The molecular formula is C15H25ClN2O5S. The molecule has 0 aromatic carbocycles. The van der Waals surface area contributed by atoms with Crippen LogP contribution in [0.15, 0.2) is 9.31 Å². The first-order valence-electron chi connectivity index (χ1n) is 7.59. The lowest BCUT2D eigenvalue weighted by molar-refractivity contribution is 0.0595. The lowest BCUT2D eigenvalue weighted by atomic mass is 9.83. The minimum Gasteiger partial charge on any atom is -0.465 e. The SMILES string of the molecule is COC(=O)c1c(C)oc(C)c1S(=O)(=O)NCC1(C)CCCNC1.Cl. The maximum absolute atomic E-state index is 12.7. The van der Waals surface area contributed by atoms with Crippen LogP contribution in [0.25, 0.3) is 0 Å². The number of halogens is 1. The largest absolute Gasteiger partial charge is 0.465 e. The predicted molar refractivity (Wildman–Crippen MR) is 92.2 cm³/mol. The van der Waals surface area contributed by atoms with Crippen molar-refractivity contribution < 1.29 is 22.4 Å². The molecule has 0 saturated carbocycles. The molecule has 0 amide bonds. The van der Waals surface area contributed by atoms with Crippen molar-refractivity contribution in [2.24, 2.45) is 5.41 Å². The van der Waals surface area contributed by atoms with E-state index in [1.54, 1.807) is 6.92 Å². The molecule has 1 aliphatic rings. The number of carbonyl (C=O) groups is 1. The van der Waals surface area contributed by atoms with Crippen molar-refractivity contribution in [1.29, 1.82) is 0 Å². The second kappa shape index (κ2) is 7.86. The minimum atomic E-state index is -3.87. The van der Waals surface area contributed by atoms with E-state index in [-0.39, 0.29) is 39.8 Å². The summed E-state index contributed by atoms with van der Waals surface area (Å²) in [7, 11) is -2.65. The third kappa shape index (κ3) is 4.30. The van der Waals surface area contributed by atoms with Crippen LogP contribution in [0, 0.1) is 19.3 Å². The molecule has 2 heterocycles. The highest BCUT2D eigenvalue weighted by molar-refractivity contribution is 7.89. The molecule has 0 spiro atoms. The van der Waals surface area contributed by atoms with Gasteiger partial charge in [-0.2, -0.15) is 0 Å². The monoisotopic (exact) mass is 380 g/mol. The molecule has 2 rings (SSSR count). The maximum atomic E-state index is 12.7. The summed E-state index contributed by atoms with van der Waals surface area (Å²) < 4.78 is 38.0. The Morgan fingerprint density at radius 3 is 2.58 bits per heavy atom. The Kier molecular flexibility index (Phi) is 6.86. The Balaban J connectivity index is 0.00000288. The quantitative estimate of drug-likeness (QED) is 0.755. The van der Waals surface area contributed by atoms with E-state index in [9.17, 15) is 13.2 Å². The van der Waals surface area contributed by atoms with Gasteiger partial charge < -0.3 is 14.5 Å². The highest BCUT2D eigenvalue weighted by Crippen LogP contribution is 2.29. The van der Waals surface area contributed by atoms with Gasteiger partial charge in [-0.3, -0.25) is 0 Å². The summed E-state index contributed by atoms with van der Waals surface area (Å²) in [5, 5.41) is 3.28. The Hall–Kier alpha value is -1.09. The molecule has 1 unspecified atom stereocenters. The van der Waals surface area contributed by atoms with Gasteiger partial charge in [0, 0.05) is 13.1 Å². The van der Waals surface area contributed by atoms with Crippen molar-refractivity contribution in [3.05, 3.63) is 17.1 Å². The number of nitrogens with one attached hydrogen (secondary N) is 2. The zero-order valence-electron chi connectivity index (χ0n) is 14.4. The van der Waals surface area contributed by atoms with E-state index in [1.165, 1.54) is 14.0 Å². The summed E-state index contributed by atoms with van der Waals surface area (Å²) in [5.74, 6) is -0.298. The van der Waals surface area contributed by atoms with Crippen LogP contribution < -0.4 is 10.0 Å². The third-order valence-electron chi connectivity index (χ3n) is 4.24. The summed E-state index contributed by atoms with van der Waals surface area (Å²) in [6.07, 6.45) is 1.95. The Bertz CT molecular complexity index is 693. The van der Waals surface area contributed by atoms with Gasteiger partial charge in [0.15, 0.2) is 0 Å². The van der Waals surface area contributed by atoms with E-state index in [0.717, 1.165) is 25.9 Å². The Labute approximate surface area is 149 Å². The molecule has 7 nitrogen and oxygen atoms in total. The zero-order valence-corrected chi connectivity index (χ0v) is 16.0. The van der Waals surface area contributed by atoms with Gasteiger partial charge in [-0.05, 0) is 38.6 Å². The van der Waals surface area contributed by atoms with Crippen molar-refractivity contribution in [2.45, 2.75) is 38.5 Å². The van der Waals surface area contributed by atoms with Crippen LogP contribution in [0.2, 0.25) is 0 Å². The summed E-state index contributed by atoms with van der Waals surface area (Å²) in [6, 6.07) is 0. The fraction of sp³-hybridized carbons (Fsp3) is 0.667.